The predicted molar refractivity (Wildman–Crippen MR) is 135 cm³/mol. The molecule has 37 heavy (non-hydrogen) atoms. The Morgan fingerprint density at radius 2 is 1.89 bits per heavy atom. The molecule has 3 rings (SSSR count). The molecule has 11 nitrogen and oxygen atoms in total. The molecule has 1 heterocycles. The smallest absolute Gasteiger partial charge is 0.408 e. The summed E-state index contributed by atoms with van der Waals surface area (Å²) in [5.41, 5.74) is 0.424. The van der Waals surface area contributed by atoms with Crippen LogP contribution in [0.1, 0.15) is 57.9 Å². The summed E-state index contributed by atoms with van der Waals surface area (Å²) in [4.78, 5) is 38.1. The largest absolute Gasteiger partial charge is 0.443 e. The quantitative estimate of drug-likeness (QED) is 0.219. The molecule has 0 bridgehead atoms. The number of benzene rings is 1. The fraction of sp³-hybridized carbons (Fsp3) is 0.640. The first-order valence-electron chi connectivity index (χ1n) is 12.7. The summed E-state index contributed by atoms with van der Waals surface area (Å²) in [6, 6.07) is 7.73. The van der Waals surface area contributed by atoms with Crippen LogP contribution in [0.2, 0.25) is 0 Å². The normalized spacial score (nSPS) is 20.4. The van der Waals surface area contributed by atoms with Crippen molar-refractivity contribution >= 4 is 28.0 Å². The van der Waals surface area contributed by atoms with Gasteiger partial charge >= 0.3 is 6.09 Å². The summed E-state index contributed by atoms with van der Waals surface area (Å²) >= 11 is 0. The van der Waals surface area contributed by atoms with Crippen molar-refractivity contribution in [3.8, 4) is 0 Å². The molecule has 1 aromatic carbocycles. The molecule has 3 amide bonds. The van der Waals surface area contributed by atoms with Gasteiger partial charge in [-0.25, -0.2) is 10.1 Å². The van der Waals surface area contributed by atoms with Crippen LogP contribution in [0.4, 0.5) is 4.79 Å². The number of carbonyl (C=O) groups is 3. The van der Waals surface area contributed by atoms with Crippen molar-refractivity contribution in [1.82, 2.24) is 16.0 Å². The first kappa shape index (κ1) is 28.9. The van der Waals surface area contributed by atoms with Crippen molar-refractivity contribution in [2.75, 3.05) is 12.3 Å². The third kappa shape index (κ3) is 8.68. The highest BCUT2D eigenvalue weighted by molar-refractivity contribution is 7.86. The molecule has 2 fully saturated rings. The zero-order valence-electron chi connectivity index (χ0n) is 21.3. The number of carbonyl (C=O) groups excluding carboxylic acids is 3. The minimum Gasteiger partial charge on any atom is -0.443 e. The molecule has 4 N–H and O–H groups in total. The minimum atomic E-state index is -4.35. The Bertz CT molecular complexity index is 1040. The van der Waals surface area contributed by atoms with E-state index in [0.717, 1.165) is 24.8 Å². The van der Waals surface area contributed by atoms with E-state index < -0.39 is 51.5 Å². The zero-order valence-corrected chi connectivity index (χ0v) is 22.1. The lowest BCUT2D eigenvalue weighted by molar-refractivity contribution is -0.131. The Kier molecular flexibility index (Phi) is 9.91. The molecule has 0 spiro atoms. The van der Waals surface area contributed by atoms with Gasteiger partial charge in [0.15, 0.2) is 0 Å². The third-order valence-electron chi connectivity index (χ3n) is 6.86. The average Bonchev–Trinajstić information content (AvgIpc) is 3.21. The lowest BCUT2D eigenvalue weighted by Crippen LogP contribution is -2.54. The second-order valence-corrected chi connectivity index (χ2v) is 12.0. The first-order valence-corrected chi connectivity index (χ1v) is 14.3. The molecule has 0 aromatic heterocycles. The van der Waals surface area contributed by atoms with Crippen molar-refractivity contribution in [2.45, 2.75) is 76.5 Å². The van der Waals surface area contributed by atoms with Gasteiger partial charge in [-0.15, -0.1) is 4.33 Å². The fourth-order valence-electron chi connectivity index (χ4n) is 4.89. The van der Waals surface area contributed by atoms with E-state index >= 15 is 0 Å². The molecule has 1 saturated heterocycles. The van der Waals surface area contributed by atoms with Crippen LogP contribution in [0.3, 0.4) is 0 Å². The van der Waals surface area contributed by atoms with Gasteiger partial charge in [0, 0.05) is 24.9 Å². The van der Waals surface area contributed by atoms with Crippen LogP contribution >= 0.6 is 0 Å². The van der Waals surface area contributed by atoms with Crippen molar-refractivity contribution in [1.29, 1.82) is 0 Å². The van der Waals surface area contributed by atoms with E-state index in [2.05, 4.69) is 20.3 Å². The van der Waals surface area contributed by atoms with E-state index in [0.29, 0.717) is 19.4 Å². The summed E-state index contributed by atoms with van der Waals surface area (Å²) in [5.74, 6) is -2.02. The lowest BCUT2D eigenvalue weighted by atomic mass is 9.76. The molecule has 2 aliphatic rings. The maximum atomic E-state index is 13.2. The number of alkyl carbamates (subject to hydrolysis) is 1. The molecule has 1 aliphatic carbocycles. The van der Waals surface area contributed by atoms with Crippen molar-refractivity contribution < 1.29 is 37.1 Å². The van der Waals surface area contributed by atoms with Crippen LogP contribution in [0.5, 0.6) is 0 Å². The highest BCUT2D eigenvalue weighted by Gasteiger charge is 2.42. The van der Waals surface area contributed by atoms with E-state index in [1.54, 1.807) is 0 Å². The Hall–Kier alpha value is -2.70. The molecule has 3 atom stereocenters. The van der Waals surface area contributed by atoms with Gasteiger partial charge in [-0.1, -0.05) is 44.2 Å². The fourth-order valence-corrected chi connectivity index (χ4v) is 5.66. The van der Waals surface area contributed by atoms with Gasteiger partial charge in [-0.2, -0.15) is 8.42 Å². The predicted octanol–water partition coefficient (Wildman–Crippen LogP) is 2.12. The van der Waals surface area contributed by atoms with Gasteiger partial charge in [0.2, 0.25) is 11.8 Å². The van der Waals surface area contributed by atoms with Gasteiger partial charge in [0.1, 0.15) is 11.6 Å². The van der Waals surface area contributed by atoms with E-state index in [9.17, 15) is 22.8 Å². The molecule has 12 heteroatoms. The van der Waals surface area contributed by atoms with Crippen LogP contribution in [-0.2, 0) is 35.2 Å². The maximum absolute atomic E-state index is 13.2. The third-order valence-corrected chi connectivity index (χ3v) is 7.89. The van der Waals surface area contributed by atoms with E-state index in [1.807, 2.05) is 44.2 Å². The van der Waals surface area contributed by atoms with Crippen LogP contribution < -0.4 is 16.0 Å². The van der Waals surface area contributed by atoms with Crippen molar-refractivity contribution in [3.05, 3.63) is 35.9 Å². The van der Waals surface area contributed by atoms with E-state index in [-0.39, 0.29) is 24.7 Å². The molecule has 0 radical (unpaired) electrons. The van der Waals surface area contributed by atoms with Gasteiger partial charge in [0.05, 0.1) is 5.75 Å². The molecular weight excluding hydrogens is 502 g/mol. The second kappa shape index (κ2) is 12.7. The van der Waals surface area contributed by atoms with Gasteiger partial charge in [-0.05, 0) is 50.0 Å². The van der Waals surface area contributed by atoms with Crippen LogP contribution in [0.25, 0.3) is 0 Å². The number of hydrogen-bond donors (Lipinski definition) is 4. The van der Waals surface area contributed by atoms with Gasteiger partial charge in [0.25, 0.3) is 10.1 Å². The topological polar surface area (TPSA) is 160 Å². The standard InChI is InChI=1S/C25H37N3O8S/c1-17(2)13-21(28-24(31)35-25(10-6-11-25)15-18-7-4-3-5-8-18)23(30)27-20(16-37(33,34)36-32)14-19-9-12-26-22(19)29/h3-5,7-8,17,19-21,32H,6,9-16H2,1-2H3,(H,26,29)(H,27,30)(H,28,31)/t19?,20-,21?/m0/s1. The summed E-state index contributed by atoms with van der Waals surface area (Å²) < 4.78 is 33.2. The van der Waals surface area contributed by atoms with Gasteiger partial charge in [-0.3, -0.25) is 9.59 Å². The first-order chi connectivity index (χ1) is 17.5. The average molecular weight is 540 g/mol. The zero-order chi connectivity index (χ0) is 27.1. The molecule has 206 valence electrons. The number of amides is 3. The van der Waals surface area contributed by atoms with Crippen molar-refractivity contribution in [3.63, 3.8) is 0 Å². The molecular formula is C25H37N3O8S. The van der Waals surface area contributed by atoms with Crippen LogP contribution in [0, 0.1) is 11.8 Å². The molecule has 1 saturated carbocycles. The Balaban J connectivity index is 1.67. The second-order valence-electron chi connectivity index (χ2n) is 10.4. The number of ether oxygens (including phenoxy) is 1. The SMILES string of the molecule is CC(C)CC(NC(=O)OC1(Cc2ccccc2)CCC1)C(=O)N[C@@H](CC1CCNC1=O)CS(=O)(=O)OO. The maximum Gasteiger partial charge on any atom is 0.408 e. The Labute approximate surface area is 217 Å². The van der Waals surface area contributed by atoms with E-state index in [1.165, 1.54) is 0 Å². The monoisotopic (exact) mass is 539 g/mol. The van der Waals surface area contributed by atoms with Crippen LogP contribution in [0.15, 0.2) is 30.3 Å². The number of nitrogens with one attached hydrogen (secondary N) is 3. The Morgan fingerprint density at radius 3 is 2.43 bits per heavy atom. The molecule has 1 aliphatic heterocycles. The highest BCUT2D eigenvalue weighted by Crippen LogP contribution is 2.38. The van der Waals surface area contributed by atoms with E-state index in [4.69, 9.17) is 9.99 Å². The highest BCUT2D eigenvalue weighted by atomic mass is 32.2. The molecule has 2 unspecified atom stereocenters. The summed E-state index contributed by atoms with van der Waals surface area (Å²) in [6.07, 6.45) is 3.07. The Morgan fingerprint density at radius 1 is 1.19 bits per heavy atom. The number of rotatable bonds is 13. The summed E-state index contributed by atoms with van der Waals surface area (Å²) in [5, 5.41) is 16.7. The lowest BCUT2D eigenvalue weighted by Gasteiger charge is -2.41. The van der Waals surface area contributed by atoms with Gasteiger partial charge < -0.3 is 20.7 Å². The summed E-state index contributed by atoms with van der Waals surface area (Å²) in [6.45, 7) is 4.24. The molecule has 1 aromatic rings. The van der Waals surface area contributed by atoms with Crippen molar-refractivity contribution in [2.24, 2.45) is 11.8 Å². The minimum absolute atomic E-state index is 0.0293. The number of hydrogen-bond acceptors (Lipinski definition) is 8. The van der Waals surface area contributed by atoms with Crippen LogP contribution in [-0.4, -0.2) is 61.6 Å². The summed E-state index contributed by atoms with van der Waals surface area (Å²) in [7, 11) is -4.35.